The molecule has 0 aliphatic carbocycles. The van der Waals surface area contributed by atoms with E-state index in [1.165, 1.54) is 13.2 Å². The number of hydrogen-bond acceptors (Lipinski definition) is 5. The zero-order valence-electron chi connectivity index (χ0n) is 15.8. The first-order chi connectivity index (χ1) is 12.9. The van der Waals surface area contributed by atoms with Crippen LogP contribution in [0.2, 0.25) is 0 Å². The Morgan fingerprint density at radius 3 is 2.44 bits per heavy atom. The summed E-state index contributed by atoms with van der Waals surface area (Å²) < 4.78 is 15.7. The molecule has 142 valence electrons. The summed E-state index contributed by atoms with van der Waals surface area (Å²) in [6, 6.07) is 12.1. The van der Waals surface area contributed by atoms with Gasteiger partial charge in [-0.2, -0.15) is 0 Å². The number of para-hydroxylation sites is 1. The number of carbonyl (C=O) groups excluding carboxylic acids is 2. The largest absolute Gasteiger partial charge is 0.493 e. The number of hydrogen-bond donors (Lipinski definition) is 1. The molecule has 0 spiro atoms. The van der Waals surface area contributed by atoms with Crippen molar-refractivity contribution in [1.29, 1.82) is 0 Å². The van der Waals surface area contributed by atoms with Crippen molar-refractivity contribution < 1.29 is 23.8 Å². The number of rotatable bonds is 7. The third kappa shape index (κ3) is 5.60. The minimum atomic E-state index is -0.514. The van der Waals surface area contributed by atoms with Gasteiger partial charge in [-0.05, 0) is 49.8 Å². The standard InChI is InChI=1S/C21H23NO5/c1-14(2)27-18-11-9-15(13-19(18)25-3)10-12-20(23)22-17-8-6-5-7-16(17)21(24)26-4/h5-14H,1-4H3,(H,22,23)/b12-10+. The molecule has 2 rings (SSSR count). The molecule has 1 N–H and O–H groups in total. The summed E-state index contributed by atoms with van der Waals surface area (Å²) in [7, 11) is 2.85. The molecule has 0 heterocycles. The number of amides is 1. The van der Waals surface area contributed by atoms with Gasteiger partial charge in [0.25, 0.3) is 0 Å². The Labute approximate surface area is 158 Å². The van der Waals surface area contributed by atoms with Gasteiger partial charge in [0.2, 0.25) is 5.91 Å². The van der Waals surface area contributed by atoms with E-state index in [9.17, 15) is 9.59 Å². The van der Waals surface area contributed by atoms with E-state index in [1.807, 2.05) is 19.9 Å². The predicted molar refractivity (Wildman–Crippen MR) is 104 cm³/mol. The third-order valence-electron chi connectivity index (χ3n) is 3.57. The Kier molecular flexibility index (Phi) is 7.00. The molecule has 0 aliphatic heterocycles. The molecule has 6 heteroatoms. The first kappa shape index (κ1) is 20.0. The van der Waals surface area contributed by atoms with Crippen LogP contribution in [0, 0.1) is 0 Å². The van der Waals surface area contributed by atoms with Crippen LogP contribution in [-0.2, 0) is 9.53 Å². The van der Waals surface area contributed by atoms with E-state index < -0.39 is 5.97 Å². The van der Waals surface area contributed by atoms with E-state index >= 15 is 0 Å². The van der Waals surface area contributed by atoms with E-state index in [1.54, 1.807) is 49.6 Å². The molecule has 2 aromatic rings. The molecule has 2 aromatic carbocycles. The molecule has 0 radical (unpaired) electrons. The van der Waals surface area contributed by atoms with Gasteiger partial charge in [-0.3, -0.25) is 4.79 Å². The predicted octanol–water partition coefficient (Wildman–Crippen LogP) is 3.92. The van der Waals surface area contributed by atoms with Gasteiger partial charge < -0.3 is 19.5 Å². The fourth-order valence-corrected chi connectivity index (χ4v) is 2.37. The van der Waals surface area contributed by atoms with Crippen LogP contribution in [0.25, 0.3) is 6.08 Å². The number of anilines is 1. The molecule has 0 saturated heterocycles. The van der Waals surface area contributed by atoms with Gasteiger partial charge in [-0.25, -0.2) is 4.79 Å². The minimum Gasteiger partial charge on any atom is -0.493 e. The second-order valence-corrected chi connectivity index (χ2v) is 5.94. The lowest BCUT2D eigenvalue weighted by molar-refractivity contribution is -0.111. The lowest BCUT2D eigenvalue weighted by Crippen LogP contribution is -2.12. The highest BCUT2D eigenvalue weighted by Crippen LogP contribution is 2.29. The van der Waals surface area contributed by atoms with Crippen molar-refractivity contribution in [2.75, 3.05) is 19.5 Å². The van der Waals surface area contributed by atoms with Crippen molar-refractivity contribution in [3.05, 3.63) is 59.7 Å². The maximum atomic E-state index is 12.2. The van der Waals surface area contributed by atoms with Gasteiger partial charge >= 0.3 is 5.97 Å². The number of benzene rings is 2. The number of carbonyl (C=O) groups is 2. The Bertz CT molecular complexity index is 842. The zero-order valence-corrected chi connectivity index (χ0v) is 15.8. The molecule has 0 bridgehead atoms. The normalized spacial score (nSPS) is 10.7. The fourth-order valence-electron chi connectivity index (χ4n) is 2.37. The van der Waals surface area contributed by atoms with Crippen LogP contribution in [0.5, 0.6) is 11.5 Å². The SMILES string of the molecule is COC(=O)c1ccccc1NC(=O)/C=C/c1ccc(OC(C)C)c(OC)c1. The van der Waals surface area contributed by atoms with E-state index in [-0.39, 0.29) is 12.0 Å². The molecular formula is C21H23NO5. The first-order valence-corrected chi connectivity index (χ1v) is 8.45. The van der Waals surface area contributed by atoms with E-state index in [2.05, 4.69) is 5.32 Å². The van der Waals surface area contributed by atoms with Crippen molar-refractivity contribution in [3.63, 3.8) is 0 Å². The van der Waals surface area contributed by atoms with E-state index in [4.69, 9.17) is 14.2 Å². The van der Waals surface area contributed by atoms with Gasteiger partial charge in [0, 0.05) is 6.08 Å². The van der Waals surface area contributed by atoms with Gasteiger partial charge in [0.1, 0.15) is 0 Å². The van der Waals surface area contributed by atoms with Gasteiger partial charge in [-0.1, -0.05) is 18.2 Å². The number of ether oxygens (including phenoxy) is 3. The second-order valence-electron chi connectivity index (χ2n) is 5.94. The van der Waals surface area contributed by atoms with Gasteiger partial charge in [0.15, 0.2) is 11.5 Å². The van der Waals surface area contributed by atoms with Gasteiger partial charge in [-0.15, -0.1) is 0 Å². The lowest BCUT2D eigenvalue weighted by Gasteiger charge is -2.13. The quantitative estimate of drug-likeness (QED) is 0.591. The molecular weight excluding hydrogens is 346 g/mol. The highest BCUT2D eigenvalue weighted by Gasteiger charge is 2.12. The molecule has 0 saturated carbocycles. The fraction of sp³-hybridized carbons (Fsp3) is 0.238. The van der Waals surface area contributed by atoms with Crippen LogP contribution in [0.15, 0.2) is 48.5 Å². The Balaban J connectivity index is 2.12. The summed E-state index contributed by atoms with van der Waals surface area (Å²) in [5.74, 6) is 0.344. The van der Waals surface area contributed by atoms with Crippen molar-refractivity contribution in [1.82, 2.24) is 0 Å². The van der Waals surface area contributed by atoms with Crippen LogP contribution in [0.1, 0.15) is 29.8 Å². The second kappa shape index (κ2) is 9.43. The summed E-state index contributed by atoms with van der Waals surface area (Å²) in [6.07, 6.45) is 3.06. The lowest BCUT2D eigenvalue weighted by atomic mass is 10.1. The topological polar surface area (TPSA) is 73.9 Å². The van der Waals surface area contributed by atoms with Gasteiger partial charge in [0.05, 0.1) is 31.6 Å². The Morgan fingerprint density at radius 1 is 1.04 bits per heavy atom. The summed E-state index contributed by atoms with van der Waals surface area (Å²) >= 11 is 0. The summed E-state index contributed by atoms with van der Waals surface area (Å²) in [5.41, 5.74) is 1.45. The first-order valence-electron chi connectivity index (χ1n) is 8.45. The van der Waals surface area contributed by atoms with Crippen LogP contribution in [0.4, 0.5) is 5.69 Å². The molecule has 0 aromatic heterocycles. The number of esters is 1. The Hall–Kier alpha value is -3.28. The summed E-state index contributed by atoms with van der Waals surface area (Å²) in [5, 5.41) is 2.68. The number of methoxy groups -OCH3 is 2. The van der Waals surface area contributed by atoms with Crippen LogP contribution in [-0.4, -0.2) is 32.2 Å². The average molecular weight is 369 g/mol. The van der Waals surface area contributed by atoms with E-state index in [0.29, 0.717) is 22.7 Å². The monoisotopic (exact) mass is 369 g/mol. The molecule has 27 heavy (non-hydrogen) atoms. The zero-order chi connectivity index (χ0) is 19.8. The summed E-state index contributed by atoms with van der Waals surface area (Å²) in [4.78, 5) is 24.0. The minimum absolute atomic E-state index is 0.0287. The average Bonchev–Trinajstić information content (AvgIpc) is 2.66. The summed E-state index contributed by atoms with van der Waals surface area (Å²) in [6.45, 7) is 3.87. The van der Waals surface area contributed by atoms with Crippen molar-refractivity contribution in [2.24, 2.45) is 0 Å². The highest BCUT2D eigenvalue weighted by atomic mass is 16.5. The van der Waals surface area contributed by atoms with E-state index in [0.717, 1.165) is 5.56 Å². The Morgan fingerprint density at radius 2 is 1.78 bits per heavy atom. The molecule has 6 nitrogen and oxygen atoms in total. The molecule has 0 atom stereocenters. The molecule has 0 unspecified atom stereocenters. The maximum Gasteiger partial charge on any atom is 0.339 e. The van der Waals surface area contributed by atoms with Crippen molar-refractivity contribution in [3.8, 4) is 11.5 Å². The van der Waals surface area contributed by atoms with Crippen LogP contribution in [0.3, 0.4) is 0 Å². The van der Waals surface area contributed by atoms with Crippen LogP contribution < -0.4 is 14.8 Å². The maximum absolute atomic E-state index is 12.2. The number of nitrogens with one attached hydrogen (secondary N) is 1. The van der Waals surface area contributed by atoms with Crippen molar-refractivity contribution >= 4 is 23.6 Å². The molecule has 0 fully saturated rings. The molecule has 0 aliphatic rings. The van der Waals surface area contributed by atoms with Crippen molar-refractivity contribution in [2.45, 2.75) is 20.0 Å². The smallest absolute Gasteiger partial charge is 0.339 e. The van der Waals surface area contributed by atoms with Crippen LogP contribution >= 0.6 is 0 Å². The molecule has 1 amide bonds. The highest BCUT2D eigenvalue weighted by molar-refractivity contribution is 6.06. The third-order valence-corrected chi connectivity index (χ3v) is 3.57.